The second-order valence-electron chi connectivity index (χ2n) is 3.12. The fourth-order valence-corrected chi connectivity index (χ4v) is 1.41. The highest BCUT2D eigenvalue weighted by Crippen LogP contribution is 2.05. The van der Waals surface area contributed by atoms with Crippen molar-refractivity contribution >= 4 is 23.0 Å². The molecule has 2 aromatic heterocycles. The van der Waals surface area contributed by atoms with Crippen LogP contribution < -0.4 is 5.32 Å². The van der Waals surface area contributed by atoms with E-state index in [1.165, 1.54) is 0 Å². The maximum Gasteiger partial charge on any atom is 0.235 e. The number of amides is 1. The SMILES string of the molecule is O=C(CCl)NCc1cc2ccccn2n1. The molecule has 0 saturated heterocycles. The van der Waals surface area contributed by atoms with Crippen LogP contribution in [0.15, 0.2) is 30.5 Å². The molecule has 2 heterocycles. The van der Waals surface area contributed by atoms with Gasteiger partial charge in [0.15, 0.2) is 0 Å². The van der Waals surface area contributed by atoms with Crippen molar-refractivity contribution in [2.45, 2.75) is 6.54 Å². The number of rotatable bonds is 3. The number of nitrogens with zero attached hydrogens (tertiary/aromatic N) is 2. The van der Waals surface area contributed by atoms with Gasteiger partial charge in [-0.2, -0.15) is 5.10 Å². The first kappa shape index (κ1) is 9.98. The Balaban J connectivity index is 2.12. The molecule has 0 radical (unpaired) electrons. The standard InChI is InChI=1S/C10H10ClN3O/c11-6-10(15)12-7-8-5-9-3-1-2-4-14(9)13-8/h1-5H,6-7H2,(H,12,15). The zero-order chi connectivity index (χ0) is 10.7. The smallest absolute Gasteiger partial charge is 0.235 e. The zero-order valence-electron chi connectivity index (χ0n) is 7.98. The van der Waals surface area contributed by atoms with Crippen LogP contribution >= 0.6 is 11.6 Å². The van der Waals surface area contributed by atoms with Crippen LogP contribution in [0, 0.1) is 0 Å². The Morgan fingerprint density at radius 1 is 1.53 bits per heavy atom. The van der Waals surface area contributed by atoms with Gasteiger partial charge in [0.25, 0.3) is 0 Å². The number of carbonyl (C=O) groups excluding carboxylic acids is 1. The van der Waals surface area contributed by atoms with Crippen LogP contribution in [0.3, 0.4) is 0 Å². The third kappa shape index (κ3) is 2.27. The van der Waals surface area contributed by atoms with Crippen molar-refractivity contribution in [1.29, 1.82) is 0 Å². The Morgan fingerprint density at radius 3 is 3.13 bits per heavy atom. The highest BCUT2D eigenvalue weighted by molar-refractivity contribution is 6.27. The molecule has 0 bridgehead atoms. The van der Waals surface area contributed by atoms with Crippen LogP contribution in [0.5, 0.6) is 0 Å². The first-order chi connectivity index (χ1) is 7.29. The molecule has 4 nitrogen and oxygen atoms in total. The summed E-state index contributed by atoms with van der Waals surface area (Å²) < 4.78 is 1.77. The normalized spacial score (nSPS) is 10.5. The molecule has 1 N–H and O–H groups in total. The van der Waals surface area contributed by atoms with Gasteiger partial charge in [0.1, 0.15) is 5.88 Å². The molecule has 15 heavy (non-hydrogen) atoms. The van der Waals surface area contributed by atoms with E-state index >= 15 is 0 Å². The van der Waals surface area contributed by atoms with Crippen LogP contribution in [0.4, 0.5) is 0 Å². The Hall–Kier alpha value is -1.55. The summed E-state index contributed by atoms with van der Waals surface area (Å²) in [4.78, 5) is 10.9. The minimum absolute atomic E-state index is 0.0205. The minimum atomic E-state index is -0.186. The largest absolute Gasteiger partial charge is 0.349 e. The summed E-state index contributed by atoms with van der Waals surface area (Å²) in [6, 6.07) is 7.73. The van der Waals surface area contributed by atoms with Crippen molar-refractivity contribution in [2.24, 2.45) is 0 Å². The van der Waals surface area contributed by atoms with Crippen LogP contribution in [0.2, 0.25) is 0 Å². The van der Waals surface area contributed by atoms with E-state index in [0.29, 0.717) is 6.54 Å². The van der Waals surface area contributed by atoms with Gasteiger partial charge in [-0.3, -0.25) is 4.79 Å². The summed E-state index contributed by atoms with van der Waals surface area (Å²) in [5, 5.41) is 6.94. The van der Waals surface area contributed by atoms with Crippen LogP contribution in [-0.2, 0) is 11.3 Å². The lowest BCUT2D eigenvalue weighted by Crippen LogP contribution is -2.23. The summed E-state index contributed by atoms with van der Waals surface area (Å²) in [5.74, 6) is -0.207. The van der Waals surface area contributed by atoms with Gasteiger partial charge in [-0.1, -0.05) is 6.07 Å². The second kappa shape index (κ2) is 4.31. The Morgan fingerprint density at radius 2 is 2.40 bits per heavy atom. The van der Waals surface area contributed by atoms with Crippen LogP contribution in [0.1, 0.15) is 5.69 Å². The molecule has 78 valence electrons. The lowest BCUT2D eigenvalue weighted by Gasteiger charge is -1.97. The molecular weight excluding hydrogens is 214 g/mol. The average molecular weight is 224 g/mol. The van der Waals surface area contributed by atoms with Crippen LogP contribution in [0.25, 0.3) is 5.52 Å². The topological polar surface area (TPSA) is 46.4 Å². The highest BCUT2D eigenvalue weighted by Gasteiger charge is 2.02. The first-order valence-corrected chi connectivity index (χ1v) is 5.09. The molecule has 1 amide bonds. The lowest BCUT2D eigenvalue weighted by molar-refractivity contribution is -0.118. The molecule has 0 unspecified atom stereocenters. The van der Waals surface area contributed by atoms with E-state index in [2.05, 4.69) is 10.4 Å². The number of hydrogen-bond donors (Lipinski definition) is 1. The van der Waals surface area contributed by atoms with E-state index in [1.807, 2.05) is 30.5 Å². The van der Waals surface area contributed by atoms with Gasteiger partial charge in [-0.05, 0) is 18.2 Å². The summed E-state index contributed by atoms with van der Waals surface area (Å²) in [6.07, 6.45) is 1.86. The Kier molecular flexibility index (Phi) is 2.87. The van der Waals surface area contributed by atoms with Gasteiger partial charge < -0.3 is 5.32 Å². The second-order valence-corrected chi connectivity index (χ2v) is 3.38. The minimum Gasteiger partial charge on any atom is -0.349 e. The molecule has 2 rings (SSSR count). The monoisotopic (exact) mass is 223 g/mol. The van der Waals surface area contributed by atoms with E-state index < -0.39 is 0 Å². The molecule has 0 aliphatic heterocycles. The number of halogens is 1. The fourth-order valence-electron chi connectivity index (χ4n) is 1.31. The van der Waals surface area contributed by atoms with Gasteiger partial charge >= 0.3 is 0 Å². The van der Waals surface area contributed by atoms with Crippen LogP contribution in [-0.4, -0.2) is 21.4 Å². The van der Waals surface area contributed by atoms with Crippen molar-refractivity contribution in [1.82, 2.24) is 14.9 Å². The Labute approximate surface area is 91.8 Å². The van der Waals surface area contributed by atoms with Crippen molar-refractivity contribution in [3.05, 3.63) is 36.2 Å². The molecule has 0 spiro atoms. The van der Waals surface area contributed by atoms with E-state index in [-0.39, 0.29) is 11.8 Å². The first-order valence-electron chi connectivity index (χ1n) is 4.55. The number of alkyl halides is 1. The summed E-state index contributed by atoms with van der Waals surface area (Å²) in [5.41, 5.74) is 1.83. The highest BCUT2D eigenvalue weighted by atomic mass is 35.5. The van der Waals surface area contributed by atoms with Crippen molar-refractivity contribution in [2.75, 3.05) is 5.88 Å². The third-order valence-electron chi connectivity index (χ3n) is 2.01. The number of hydrogen-bond acceptors (Lipinski definition) is 2. The number of pyridine rings is 1. The lowest BCUT2D eigenvalue weighted by atomic mass is 10.3. The summed E-state index contributed by atoms with van der Waals surface area (Å²) in [7, 11) is 0. The molecule has 0 aliphatic carbocycles. The van der Waals surface area contributed by atoms with Crippen molar-refractivity contribution in [3.8, 4) is 0 Å². The molecule has 5 heteroatoms. The quantitative estimate of drug-likeness (QED) is 0.795. The predicted octanol–water partition coefficient (Wildman–Crippen LogP) is 1.19. The number of nitrogens with one attached hydrogen (secondary N) is 1. The fraction of sp³-hybridized carbons (Fsp3) is 0.200. The molecule has 0 aromatic carbocycles. The summed E-state index contributed by atoms with van der Waals surface area (Å²) >= 11 is 5.36. The molecule has 0 aliphatic rings. The predicted molar refractivity (Wildman–Crippen MR) is 57.8 cm³/mol. The van der Waals surface area contributed by atoms with Crippen molar-refractivity contribution < 1.29 is 4.79 Å². The Bertz CT molecular complexity index is 447. The summed E-state index contributed by atoms with van der Waals surface area (Å²) in [6.45, 7) is 0.410. The number of fused-ring (bicyclic) bond motifs is 1. The molecule has 0 saturated carbocycles. The van der Waals surface area contributed by atoms with Gasteiger partial charge in [0.2, 0.25) is 5.91 Å². The average Bonchev–Trinajstić information content (AvgIpc) is 2.68. The van der Waals surface area contributed by atoms with E-state index in [1.54, 1.807) is 4.52 Å². The van der Waals surface area contributed by atoms with Gasteiger partial charge in [-0.15, -0.1) is 11.6 Å². The van der Waals surface area contributed by atoms with Crippen molar-refractivity contribution in [3.63, 3.8) is 0 Å². The number of aromatic nitrogens is 2. The molecular formula is C10H10ClN3O. The maximum atomic E-state index is 10.9. The zero-order valence-corrected chi connectivity index (χ0v) is 8.74. The van der Waals surface area contributed by atoms with E-state index in [4.69, 9.17) is 11.6 Å². The van der Waals surface area contributed by atoms with E-state index in [9.17, 15) is 4.79 Å². The maximum absolute atomic E-state index is 10.9. The van der Waals surface area contributed by atoms with E-state index in [0.717, 1.165) is 11.2 Å². The molecule has 2 aromatic rings. The molecule has 0 atom stereocenters. The third-order valence-corrected chi connectivity index (χ3v) is 2.25. The number of carbonyl (C=O) groups is 1. The van der Waals surface area contributed by atoms with Gasteiger partial charge in [0.05, 0.1) is 17.8 Å². The van der Waals surface area contributed by atoms with Gasteiger partial charge in [0, 0.05) is 6.20 Å². The van der Waals surface area contributed by atoms with Gasteiger partial charge in [-0.25, -0.2) is 4.52 Å². The molecule has 0 fully saturated rings.